The van der Waals surface area contributed by atoms with Gasteiger partial charge >= 0.3 is 0 Å². The molecule has 0 radical (unpaired) electrons. The van der Waals surface area contributed by atoms with Crippen LogP contribution in [0, 0.1) is 11.7 Å². The molecule has 24 heavy (non-hydrogen) atoms. The predicted octanol–water partition coefficient (Wildman–Crippen LogP) is 1.40. The highest BCUT2D eigenvalue weighted by molar-refractivity contribution is 7.90. The van der Waals surface area contributed by atoms with Gasteiger partial charge in [-0.3, -0.25) is 0 Å². The Hall–Kier alpha value is -0.740. The molecular weight excluding hydrogens is 379 g/mol. The fraction of sp³-hybridized carbons (Fsp3) is 0.571. The normalized spacial score (nSPS) is 18.8. The SMILES string of the molecule is CC(N)C1CCN(S(=O)(=O)c2ccc(S(C)(=O)=O)c(F)c2)CC1.Cl. The number of sulfone groups is 1. The largest absolute Gasteiger partial charge is 0.328 e. The Morgan fingerprint density at radius 3 is 2.17 bits per heavy atom. The van der Waals surface area contributed by atoms with Crippen LogP contribution in [0.15, 0.2) is 28.0 Å². The van der Waals surface area contributed by atoms with E-state index in [4.69, 9.17) is 5.73 Å². The summed E-state index contributed by atoms with van der Waals surface area (Å²) >= 11 is 0. The van der Waals surface area contributed by atoms with E-state index in [1.807, 2.05) is 6.92 Å². The van der Waals surface area contributed by atoms with Gasteiger partial charge in [-0.25, -0.2) is 21.2 Å². The van der Waals surface area contributed by atoms with E-state index in [1.165, 1.54) is 4.31 Å². The first kappa shape index (κ1) is 21.3. The van der Waals surface area contributed by atoms with Crippen LogP contribution in [0.5, 0.6) is 0 Å². The van der Waals surface area contributed by atoms with Crippen molar-refractivity contribution in [3.8, 4) is 0 Å². The van der Waals surface area contributed by atoms with E-state index >= 15 is 0 Å². The molecule has 0 amide bonds. The second-order valence-electron chi connectivity index (χ2n) is 5.97. The zero-order valence-corrected chi connectivity index (χ0v) is 15.9. The molecule has 138 valence electrons. The van der Waals surface area contributed by atoms with Crippen LogP contribution in [0.3, 0.4) is 0 Å². The van der Waals surface area contributed by atoms with Gasteiger partial charge in [0.05, 0.1) is 4.90 Å². The lowest BCUT2D eigenvalue weighted by Crippen LogP contribution is -2.42. The summed E-state index contributed by atoms with van der Waals surface area (Å²) in [7, 11) is -7.57. The van der Waals surface area contributed by atoms with Crippen molar-refractivity contribution in [1.29, 1.82) is 0 Å². The minimum atomic E-state index is -3.84. The molecule has 1 saturated heterocycles. The van der Waals surface area contributed by atoms with Crippen molar-refractivity contribution < 1.29 is 21.2 Å². The first-order valence-electron chi connectivity index (χ1n) is 7.29. The monoisotopic (exact) mass is 400 g/mol. The lowest BCUT2D eigenvalue weighted by molar-refractivity contribution is 0.250. The molecule has 1 aliphatic rings. The first-order valence-corrected chi connectivity index (χ1v) is 10.6. The van der Waals surface area contributed by atoms with Crippen LogP contribution in [-0.4, -0.2) is 46.5 Å². The minimum absolute atomic E-state index is 0. The van der Waals surface area contributed by atoms with Crippen LogP contribution in [0.25, 0.3) is 0 Å². The molecule has 1 heterocycles. The number of nitrogens with two attached hydrogens (primary N) is 1. The van der Waals surface area contributed by atoms with Crippen LogP contribution in [0.4, 0.5) is 4.39 Å². The molecule has 1 fully saturated rings. The molecule has 0 spiro atoms. The second-order valence-corrected chi connectivity index (χ2v) is 9.89. The van der Waals surface area contributed by atoms with Crippen molar-refractivity contribution in [2.75, 3.05) is 19.3 Å². The maximum absolute atomic E-state index is 13.9. The molecule has 0 aromatic heterocycles. The van der Waals surface area contributed by atoms with Gasteiger partial charge in [-0.2, -0.15) is 4.31 Å². The van der Waals surface area contributed by atoms with Crippen LogP contribution in [0.2, 0.25) is 0 Å². The van der Waals surface area contributed by atoms with Gasteiger partial charge in [0.2, 0.25) is 10.0 Å². The summed E-state index contributed by atoms with van der Waals surface area (Å²) in [4.78, 5) is -0.742. The molecule has 6 nitrogen and oxygen atoms in total. The summed E-state index contributed by atoms with van der Waals surface area (Å²) < 4.78 is 63.1. The number of piperidine rings is 1. The van der Waals surface area contributed by atoms with Gasteiger partial charge in [0, 0.05) is 25.4 Å². The summed E-state index contributed by atoms with van der Waals surface area (Å²) in [5.74, 6) is -0.787. The fourth-order valence-electron chi connectivity index (χ4n) is 2.73. The molecule has 0 saturated carbocycles. The molecule has 0 aliphatic carbocycles. The van der Waals surface area contributed by atoms with Gasteiger partial charge in [-0.1, -0.05) is 0 Å². The quantitative estimate of drug-likeness (QED) is 0.823. The van der Waals surface area contributed by atoms with Crippen molar-refractivity contribution in [2.24, 2.45) is 11.7 Å². The highest BCUT2D eigenvalue weighted by atomic mass is 35.5. The maximum Gasteiger partial charge on any atom is 0.243 e. The molecule has 2 N–H and O–H groups in total. The summed E-state index contributed by atoms with van der Waals surface area (Å²) in [6.45, 7) is 2.54. The smallest absolute Gasteiger partial charge is 0.243 e. The van der Waals surface area contributed by atoms with E-state index in [-0.39, 0.29) is 29.3 Å². The molecule has 1 atom stereocenters. The summed E-state index contributed by atoms with van der Waals surface area (Å²) in [5, 5.41) is 0. The fourth-order valence-corrected chi connectivity index (χ4v) is 4.94. The van der Waals surface area contributed by atoms with E-state index < -0.39 is 30.6 Å². The van der Waals surface area contributed by atoms with Crippen molar-refractivity contribution >= 4 is 32.3 Å². The number of rotatable bonds is 4. The van der Waals surface area contributed by atoms with E-state index in [9.17, 15) is 21.2 Å². The number of benzene rings is 1. The Morgan fingerprint density at radius 2 is 1.75 bits per heavy atom. The van der Waals surface area contributed by atoms with Crippen LogP contribution >= 0.6 is 12.4 Å². The van der Waals surface area contributed by atoms with E-state index in [2.05, 4.69) is 0 Å². The van der Waals surface area contributed by atoms with Gasteiger partial charge in [-0.05, 0) is 43.9 Å². The van der Waals surface area contributed by atoms with Crippen molar-refractivity contribution in [3.05, 3.63) is 24.0 Å². The topological polar surface area (TPSA) is 97.5 Å². The summed E-state index contributed by atoms with van der Waals surface area (Å²) in [6, 6.07) is 2.90. The third-order valence-electron chi connectivity index (χ3n) is 4.18. The summed E-state index contributed by atoms with van der Waals surface area (Å²) in [6.07, 6.45) is 2.18. The third kappa shape index (κ3) is 4.45. The number of sulfonamides is 1. The number of hydrogen-bond donors (Lipinski definition) is 1. The Balaban J connectivity index is 0.00000288. The molecule has 1 unspecified atom stereocenters. The number of nitrogens with zero attached hydrogens (tertiary/aromatic N) is 1. The van der Waals surface area contributed by atoms with E-state index in [0.29, 0.717) is 25.9 Å². The van der Waals surface area contributed by atoms with Gasteiger partial charge < -0.3 is 5.73 Å². The Morgan fingerprint density at radius 1 is 1.21 bits per heavy atom. The Kier molecular flexibility index (Phi) is 6.79. The van der Waals surface area contributed by atoms with Crippen LogP contribution in [-0.2, 0) is 19.9 Å². The van der Waals surface area contributed by atoms with E-state index in [0.717, 1.165) is 24.5 Å². The molecule has 1 aromatic rings. The van der Waals surface area contributed by atoms with Gasteiger partial charge in [0.1, 0.15) is 10.7 Å². The molecule has 0 bridgehead atoms. The van der Waals surface area contributed by atoms with Crippen molar-refractivity contribution in [2.45, 2.75) is 35.6 Å². The average Bonchev–Trinajstić information content (AvgIpc) is 2.45. The first-order chi connectivity index (χ1) is 10.5. The minimum Gasteiger partial charge on any atom is -0.328 e. The Bertz CT molecular complexity index is 789. The predicted molar refractivity (Wildman–Crippen MR) is 91.9 cm³/mol. The lowest BCUT2D eigenvalue weighted by atomic mass is 9.92. The summed E-state index contributed by atoms with van der Waals surface area (Å²) in [5.41, 5.74) is 5.84. The molecule has 2 rings (SSSR count). The highest BCUT2D eigenvalue weighted by Gasteiger charge is 2.31. The Labute approximate surface area is 148 Å². The average molecular weight is 401 g/mol. The number of halogens is 2. The molecule has 1 aliphatic heterocycles. The van der Waals surface area contributed by atoms with Crippen LogP contribution < -0.4 is 5.73 Å². The lowest BCUT2D eigenvalue weighted by Gasteiger charge is -2.32. The maximum atomic E-state index is 13.9. The van der Waals surface area contributed by atoms with Crippen molar-refractivity contribution in [3.63, 3.8) is 0 Å². The van der Waals surface area contributed by atoms with Gasteiger partial charge in [-0.15, -0.1) is 12.4 Å². The molecular formula is C14H22ClFN2O4S2. The van der Waals surface area contributed by atoms with Gasteiger partial charge in [0.25, 0.3) is 0 Å². The molecule has 10 heteroatoms. The molecule has 1 aromatic carbocycles. The number of hydrogen-bond acceptors (Lipinski definition) is 5. The second kappa shape index (κ2) is 7.65. The zero-order valence-electron chi connectivity index (χ0n) is 13.5. The van der Waals surface area contributed by atoms with E-state index in [1.54, 1.807) is 0 Å². The van der Waals surface area contributed by atoms with Crippen molar-refractivity contribution in [1.82, 2.24) is 4.31 Å². The van der Waals surface area contributed by atoms with Crippen LogP contribution in [0.1, 0.15) is 19.8 Å². The van der Waals surface area contributed by atoms with Gasteiger partial charge in [0.15, 0.2) is 9.84 Å². The standard InChI is InChI=1S/C14H21FN2O4S2.ClH/c1-10(16)11-5-7-17(8-6-11)23(20,21)12-3-4-14(13(15)9-12)22(2,18)19;/h3-4,9-11H,5-8,16H2,1-2H3;1H. The highest BCUT2D eigenvalue weighted by Crippen LogP contribution is 2.26. The zero-order chi connectivity index (χ0) is 17.4. The third-order valence-corrected chi connectivity index (χ3v) is 7.21.